The number of aromatic nitrogens is 2. The van der Waals surface area contributed by atoms with Gasteiger partial charge in [0.25, 0.3) is 16.1 Å². The predicted octanol–water partition coefficient (Wildman–Crippen LogP) is -0.117. The van der Waals surface area contributed by atoms with Gasteiger partial charge >= 0.3 is 0 Å². The van der Waals surface area contributed by atoms with Crippen molar-refractivity contribution in [3.05, 3.63) is 23.8 Å². The van der Waals surface area contributed by atoms with E-state index in [0.29, 0.717) is 45.0 Å². The summed E-state index contributed by atoms with van der Waals surface area (Å²) in [6, 6.07) is 0. The van der Waals surface area contributed by atoms with Gasteiger partial charge in [0.2, 0.25) is 0 Å². The lowest BCUT2D eigenvalue weighted by Gasteiger charge is -2.35. The van der Waals surface area contributed by atoms with Crippen molar-refractivity contribution < 1.29 is 13.2 Å². The largest absolute Gasteiger partial charge is 0.335 e. The van der Waals surface area contributed by atoms with E-state index in [1.54, 1.807) is 11.1 Å². The number of carbonyl (C=O) groups excluding carboxylic acids is 1. The second-order valence-corrected chi connectivity index (χ2v) is 7.78. The summed E-state index contributed by atoms with van der Waals surface area (Å²) in [5, 5.41) is 0. The maximum atomic E-state index is 12.5. The molecule has 0 spiro atoms. The Balaban J connectivity index is 1.62. The fraction of sp³-hybridized carbons (Fsp3) is 0.643. The zero-order chi connectivity index (χ0) is 16.4. The minimum Gasteiger partial charge on any atom is -0.335 e. The third kappa shape index (κ3) is 3.36. The number of hydrogen-bond donors (Lipinski definition) is 0. The summed E-state index contributed by atoms with van der Waals surface area (Å²) < 4.78 is 28.0. The van der Waals surface area contributed by atoms with E-state index in [1.807, 2.05) is 6.92 Å². The second-order valence-electron chi connectivity index (χ2n) is 5.85. The van der Waals surface area contributed by atoms with Crippen molar-refractivity contribution in [1.82, 2.24) is 23.5 Å². The highest BCUT2D eigenvalue weighted by atomic mass is 32.2. The molecule has 0 bridgehead atoms. The summed E-state index contributed by atoms with van der Waals surface area (Å²) in [5.41, 5.74) is 1.05. The van der Waals surface area contributed by atoms with Gasteiger partial charge in [0.1, 0.15) is 5.69 Å². The number of rotatable bonds is 3. The van der Waals surface area contributed by atoms with Crippen LogP contribution in [0.3, 0.4) is 0 Å². The molecule has 3 rings (SSSR count). The summed E-state index contributed by atoms with van der Waals surface area (Å²) in [4.78, 5) is 22.2. The molecule has 0 radical (unpaired) electrons. The van der Waals surface area contributed by atoms with Gasteiger partial charge in [-0.3, -0.25) is 9.78 Å². The van der Waals surface area contributed by atoms with Crippen LogP contribution in [0.1, 0.15) is 29.0 Å². The smallest absolute Gasteiger partial charge is 0.282 e. The molecule has 3 heterocycles. The Kier molecular flexibility index (Phi) is 4.60. The van der Waals surface area contributed by atoms with Gasteiger partial charge in [0, 0.05) is 45.5 Å². The summed E-state index contributed by atoms with van der Waals surface area (Å²) in [6.07, 6.45) is 4.86. The number of amides is 1. The third-order valence-corrected chi connectivity index (χ3v) is 6.28. The van der Waals surface area contributed by atoms with Crippen LogP contribution in [0.5, 0.6) is 0 Å². The van der Waals surface area contributed by atoms with E-state index in [0.717, 1.165) is 18.5 Å². The van der Waals surface area contributed by atoms with Crippen LogP contribution in [0.4, 0.5) is 0 Å². The lowest BCUT2D eigenvalue weighted by atomic mass is 10.3. The molecule has 0 saturated carbocycles. The highest BCUT2D eigenvalue weighted by molar-refractivity contribution is 7.86. The van der Waals surface area contributed by atoms with Crippen LogP contribution < -0.4 is 0 Å². The van der Waals surface area contributed by atoms with Gasteiger partial charge < -0.3 is 4.90 Å². The van der Waals surface area contributed by atoms with Crippen molar-refractivity contribution in [2.45, 2.75) is 19.8 Å². The Bertz CT molecular complexity index is 662. The van der Waals surface area contributed by atoms with Gasteiger partial charge in [-0.05, 0) is 19.8 Å². The first-order chi connectivity index (χ1) is 11.0. The lowest BCUT2D eigenvalue weighted by molar-refractivity contribution is 0.0688. The van der Waals surface area contributed by atoms with E-state index in [9.17, 15) is 13.2 Å². The van der Waals surface area contributed by atoms with Crippen LogP contribution in [-0.4, -0.2) is 77.1 Å². The Morgan fingerprint density at radius 3 is 2.13 bits per heavy atom. The SMILES string of the molecule is Cc1cnc(C(=O)N2CCN(S(=O)(=O)N3CCCC3)CC2)cn1. The molecule has 2 saturated heterocycles. The summed E-state index contributed by atoms with van der Waals surface area (Å²) >= 11 is 0. The first-order valence-electron chi connectivity index (χ1n) is 7.81. The standard InChI is InChI=1S/C14H21N5O3S/c1-12-10-16-13(11-15-12)14(20)17-6-8-19(9-7-17)23(21,22)18-4-2-3-5-18/h10-11H,2-9H2,1H3. The third-order valence-electron chi connectivity index (χ3n) is 4.24. The average Bonchev–Trinajstić information content (AvgIpc) is 3.10. The maximum Gasteiger partial charge on any atom is 0.282 e. The van der Waals surface area contributed by atoms with Gasteiger partial charge in [0.05, 0.1) is 11.9 Å². The molecule has 0 aliphatic carbocycles. The molecule has 9 heteroatoms. The Hall–Kier alpha value is -1.58. The molecule has 0 atom stereocenters. The Morgan fingerprint density at radius 2 is 1.57 bits per heavy atom. The molecule has 2 fully saturated rings. The molecule has 2 aliphatic heterocycles. The van der Waals surface area contributed by atoms with Crippen molar-refractivity contribution in [3.63, 3.8) is 0 Å². The van der Waals surface area contributed by atoms with E-state index < -0.39 is 10.2 Å². The van der Waals surface area contributed by atoms with Crippen molar-refractivity contribution >= 4 is 16.1 Å². The summed E-state index contributed by atoms with van der Waals surface area (Å²) in [5.74, 6) is -0.198. The number of aryl methyl sites for hydroxylation is 1. The van der Waals surface area contributed by atoms with Crippen LogP contribution in [0.25, 0.3) is 0 Å². The zero-order valence-corrected chi connectivity index (χ0v) is 14.0. The monoisotopic (exact) mass is 339 g/mol. The second kappa shape index (κ2) is 6.50. The van der Waals surface area contributed by atoms with Crippen molar-refractivity contribution in [2.24, 2.45) is 0 Å². The molecule has 1 aromatic heterocycles. The molecule has 0 aromatic carbocycles. The lowest BCUT2D eigenvalue weighted by Crippen LogP contribution is -2.53. The van der Waals surface area contributed by atoms with Crippen LogP contribution in [0.2, 0.25) is 0 Å². The van der Waals surface area contributed by atoms with Gasteiger partial charge in [0.15, 0.2) is 0 Å². The number of nitrogens with zero attached hydrogens (tertiary/aromatic N) is 5. The highest BCUT2D eigenvalue weighted by Gasteiger charge is 2.34. The van der Waals surface area contributed by atoms with Crippen molar-refractivity contribution in [3.8, 4) is 0 Å². The molecule has 8 nitrogen and oxygen atoms in total. The van der Waals surface area contributed by atoms with E-state index in [-0.39, 0.29) is 5.91 Å². The van der Waals surface area contributed by atoms with E-state index in [2.05, 4.69) is 9.97 Å². The van der Waals surface area contributed by atoms with E-state index in [1.165, 1.54) is 14.8 Å². The van der Waals surface area contributed by atoms with Crippen LogP contribution >= 0.6 is 0 Å². The first kappa shape index (κ1) is 16.3. The molecule has 126 valence electrons. The number of carbonyl (C=O) groups is 1. The first-order valence-corrected chi connectivity index (χ1v) is 9.21. The van der Waals surface area contributed by atoms with Crippen LogP contribution in [-0.2, 0) is 10.2 Å². The maximum absolute atomic E-state index is 12.5. The van der Waals surface area contributed by atoms with Gasteiger partial charge in [-0.25, -0.2) is 4.98 Å². The topological polar surface area (TPSA) is 86.7 Å². The minimum atomic E-state index is -3.38. The molecule has 2 aliphatic rings. The van der Waals surface area contributed by atoms with E-state index in [4.69, 9.17) is 0 Å². The summed E-state index contributed by atoms with van der Waals surface area (Å²) in [7, 11) is -3.38. The highest BCUT2D eigenvalue weighted by Crippen LogP contribution is 2.18. The average molecular weight is 339 g/mol. The van der Waals surface area contributed by atoms with Gasteiger partial charge in [-0.1, -0.05) is 0 Å². The van der Waals surface area contributed by atoms with Crippen LogP contribution in [0.15, 0.2) is 12.4 Å². The molecular formula is C14H21N5O3S. The Labute approximate surface area is 136 Å². The fourth-order valence-corrected chi connectivity index (χ4v) is 4.54. The van der Waals surface area contributed by atoms with Gasteiger partial charge in [-0.15, -0.1) is 0 Å². The molecule has 1 aromatic rings. The normalized spacial score (nSPS) is 20.8. The quantitative estimate of drug-likeness (QED) is 0.766. The number of piperazine rings is 1. The predicted molar refractivity (Wildman–Crippen MR) is 84.0 cm³/mol. The van der Waals surface area contributed by atoms with Gasteiger partial charge in [-0.2, -0.15) is 17.0 Å². The minimum absolute atomic E-state index is 0.198. The molecule has 0 N–H and O–H groups in total. The molecular weight excluding hydrogens is 318 g/mol. The zero-order valence-electron chi connectivity index (χ0n) is 13.2. The van der Waals surface area contributed by atoms with Crippen molar-refractivity contribution in [1.29, 1.82) is 0 Å². The molecule has 1 amide bonds. The summed E-state index contributed by atoms with van der Waals surface area (Å²) in [6.45, 7) is 4.40. The molecule has 0 unspecified atom stereocenters. The fourth-order valence-electron chi connectivity index (χ4n) is 2.87. The number of hydrogen-bond acceptors (Lipinski definition) is 5. The van der Waals surface area contributed by atoms with Crippen molar-refractivity contribution in [2.75, 3.05) is 39.3 Å². The van der Waals surface area contributed by atoms with E-state index >= 15 is 0 Å². The van der Waals surface area contributed by atoms with Crippen LogP contribution in [0, 0.1) is 6.92 Å². The Morgan fingerprint density at radius 1 is 0.957 bits per heavy atom. The molecule has 23 heavy (non-hydrogen) atoms.